The fraction of sp³-hybridized carbons (Fsp3) is 0.312. The average Bonchev–Trinajstić information content (AvgIpc) is 3.10. The van der Waals surface area contributed by atoms with Gasteiger partial charge in [-0.3, -0.25) is 10.1 Å². The Morgan fingerprint density at radius 3 is 2.68 bits per heavy atom. The first kappa shape index (κ1) is 21.2. The van der Waals surface area contributed by atoms with Crippen molar-refractivity contribution in [1.82, 2.24) is 10.6 Å². The second-order valence-electron chi connectivity index (χ2n) is 4.90. The van der Waals surface area contributed by atoms with E-state index in [2.05, 4.69) is 20.9 Å². The molecule has 0 fully saturated rings. The molecular weight excluding hydrogens is 453 g/mol. The molecule has 136 valence electrons. The summed E-state index contributed by atoms with van der Waals surface area (Å²) in [6.45, 7) is 4.56. The minimum Gasteiger partial charge on any atom is -0.378 e. The summed E-state index contributed by atoms with van der Waals surface area (Å²) in [4.78, 5) is 16.3. The number of guanidine groups is 1. The average molecular weight is 475 g/mol. The molecule has 25 heavy (non-hydrogen) atoms. The third-order valence-electron chi connectivity index (χ3n) is 3.15. The number of para-hydroxylation sites is 2. The van der Waals surface area contributed by atoms with E-state index in [1.54, 1.807) is 29.5 Å². The van der Waals surface area contributed by atoms with E-state index in [9.17, 15) is 10.1 Å². The van der Waals surface area contributed by atoms with Gasteiger partial charge in [0.1, 0.15) is 5.69 Å². The lowest BCUT2D eigenvalue weighted by atomic mass is 10.2. The van der Waals surface area contributed by atoms with Crippen LogP contribution < -0.4 is 16.0 Å². The molecule has 7 nitrogen and oxygen atoms in total. The number of hydrogen-bond acceptors (Lipinski definition) is 5. The summed E-state index contributed by atoms with van der Waals surface area (Å²) in [6.07, 6.45) is 0. The van der Waals surface area contributed by atoms with Crippen molar-refractivity contribution in [2.45, 2.75) is 13.5 Å². The number of halogens is 1. The third kappa shape index (κ3) is 7.26. The van der Waals surface area contributed by atoms with Crippen molar-refractivity contribution >= 4 is 52.6 Å². The number of nitro groups is 1. The quantitative estimate of drug-likeness (QED) is 0.136. The first-order chi connectivity index (χ1) is 11.7. The highest BCUT2D eigenvalue weighted by Crippen LogP contribution is 2.22. The van der Waals surface area contributed by atoms with Gasteiger partial charge < -0.3 is 16.0 Å². The van der Waals surface area contributed by atoms with Gasteiger partial charge in [0.2, 0.25) is 0 Å². The maximum Gasteiger partial charge on any atom is 0.292 e. The van der Waals surface area contributed by atoms with Crippen LogP contribution in [0.5, 0.6) is 0 Å². The molecule has 1 heterocycles. The van der Waals surface area contributed by atoms with Gasteiger partial charge in [-0.15, -0.1) is 35.3 Å². The fourth-order valence-corrected chi connectivity index (χ4v) is 2.69. The van der Waals surface area contributed by atoms with Crippen molar-refractivity contribution in [3.8, 4) is 0 Å². The highest BCUT2D eigenvalue weighted by Gasteiger charge is 2.11. The summed E-state index contributed by atoms with van der Waals surface area (Å²) in [5.74, 6) is 0.732. The minimum absolute atomic E-state index is 0. The smallest absolute Gasteiger partial charge is 0.292 e. The number of rotatable bonds is 8. The van der Waals surface area contributed by atoms with E-state index in [0.29, 0.717) is 25.3 Å². The molecule has 0 saturated heterocycles. The van der Waals surface area contributed by atoms with Gasteiger partial charge in [0.25, 0.3) is 5.69 Å². The van der Waals surface area contributed by atoms with Gasteiger partial charge in [-0.05, 0) is 24.4 Å². The fourth-order valence-electron chi connectivity index (χ4n) is 2.06. The van der Waals surface area contributed by atoms with E-state index in [0.717, 1.165) is 12.5 Å². The number of anilines is 1. The van der Waals surface area contributed by atoms with Gasteiger partial charge in [0.15, 0.2) is 5.96 Å². The zero-order chi connectivity index (χ0) is 17.2. The molecule has 3 N–H and O–H groups in total. The van der Waals surface area contributed by atoms with Crippen LogP contribution in [0.3, 0.4) is 0 Å². The summed E-state index contributed by atoms with van der Waals surface area (Å²) < 4.78 is 0. The number of hydrogen-bond donors (Lipinski definition) is 3. The Morgan fingerprint density at radius 1 is 1.20 bits per heavy atom. The van der Waals surface area contributed by atoms with Gasteiger partial charge in [0, 0.05) is 30.6 Å². The van der Waals surface area contributed by atoms with Gasteiger partial charge in [-0.2, -0.15) is 0 Å². The zero-order valence-electron chi connectivity index (χ0n) is 13.9. The molecule has 2 aromatic rings. The normalized spacial score (nSPS) is 10.7. The van der Waals surface area contributed by atoms with Gasteiger partial charge in [-0.25, -0.2) is 4.99 Å². The Hall–Kier alpha value is -1.88. The molecular formula is C16H22IN5O2S. The second kappa shape index (κ2) is 11.6. The molecule has 0 bridgehead atoms. The van der Waals surface area contributed by atoms with Gasteiger partial charge in [-0.1, -0.05) is 18.2 Å². The molecule has 9 heteroatoms. The standard InChI is InChI=1S/C16H21N5O2S.HI/c1-2-17-16(20-12-13-6-5-11-24-13)19-10-9-18-14-7-3-4-8-15(14)21(22)23;/h3-8,11,18H,2,9-10,12H2,1H3,(H2,17,19,20);1H. The van der Waals surface area contributed by atoms with Crippen molar-refractivity contribution in [1.29, 1.82) is 0 Å². The largest absolute Gasteiger partial charge is 0.378 e. The van der Waals surface area contributed by atoms with Crippen LogP contribution in [-0.2, 0) is 6.54 Å². The SMILES string of the molecule is CCNC(=NCc1cccs1)NCCNc1ccccc1[N+](=O)[O-].I. The molecule has 0 spiro atoms. The van der Waals surface area contributed by atoms with E-state index in [1.165, 1.54) is 10.9 Å². The van der Waals surface area contributed by atoms with Crippen LogP contribution >= 0.6 is 35.3 Å². The molecule has 0 atom stereocenters. The van der Waals surface area contributed by atoms with Crippen LogP contribution in [0.25, 0.3) is 0 Å². The van der Waals surface area contributed by atoms with E-state index in [-0.39, 0.29) is 34.6 Å². The molecule has 0 amide bonds. The summed E-state index contributed by atoms with van der Waals surface area (Å²) in [7, 11) is 0. The Kier molecular flexibility index (Phi) is 9.85. The summed E-state index contributed by atoms with van der Waals surface area (Å²) in [5, 5.41) is 22.5. The van der Waals surface area contributed by atoms with E-state index in [4.69, 9.17) is 0 Å². The topological polar surface area (TPSA) is 91.6 Å². The molecule has 0 aliphatic carbocycles. The first-order valence-electron chi connectivity index (χ1n) is 7.72. The van der Waals surface area contributed by atoms with E-state index >= 15 is 0 Å². The Balaban J connectivity index is 0.00000312. The molecule has 1 aromatic carbocycles. The zero-order valence-corrected chi connectivity index (χ0v) is 17.0. The number of aliphatic imine (C=N–C) groups is 1. The predicted octanol–water partition coefficient (Wildman–Crippen LogP) is 3.44. The number of nitrogens with one attached hydrogen (secondary N) is 3. The molecule has 0 aliphatic rings. The maximum absolute atomic E-state index is 11.0. The number of nitro benzene ring substituents is 1. The number of benzene rings is 1. The number of nitrogens with zero attached hydrogens (tertiary/aromatic N) is 2. The molecule has 0 radical (unpaired) electrons. The summed E-state index contributed by atoms with van der Waals surface area (Å²) in [6, 6.07) is 10.7. The van der Waals surface area contributed by atoms with Crippen molar-refractivity contribution in [2.24, 2.45) is 4.99 Å². The van der Waals surface area contributed by atoms with Crippen LogP contribution in [-0.4, -0.2) is 30.5 Å². The highest BCUT2D eigenvalue weighted by atomic mass is 127. The van der Waals surface area contributed by atoms with Crippen LogP contribution in [0.15, 0.2) is 46.8 Å². The molecule has 0 unspecified atom stereocenters. The molecule has 1 aromatic heterocycles. The van der Waals surface area contributed by atoms with Gasteiger partial charge in [0.05, 0.1) is 11.5 Å². The maximum atomic E-state index is 11.0. The monoisotopic (exact) mass is 475 g/mol. The van der Waals surface area contributed by atoms with Crippen molar-refractivity contribution < 1.29 is 4.92 Å². The van der Waals surface area contributed by atoms with Crippen molar-refractivity contribution in [2.75, 3.05) is 25.0 Å². The first-order valence-corrected chi connectivity index (χ1v) is 8.60. The lowest BCUT2D eigenvalue weighted by Gasteiger charge is -2.12. The lowest BCUT2D eigenvalue weighted by molar-refractivity contribution is -0.384. The Bertz CT molecular complexity index is 679. The summed E-state index contributed by atoms with van der Waals surface area (Å²) in [5.41, 5.74) is 0.598. The van der Waals surface area contributed by atoms with E-state index < -0.39 is 0 Å². The van der Waals surface area contributed by atoms with Crippen LogP contribution in [0.1, 0.15) is 11.8 Å². The van der Waals surface area contributed by atoms with E-state index in [1.807, 2.05) is 24.4 Å². The van der Waals surface area contributed by atoms with Crippen LogP contribution in [0, 0.1) is 10.1 Å². The Labute approximate surface area is 168 Å². The molecule has 0 saturated carbocycles. The summed E-state index contributed by atoms with van der Waals surface area (Å²) >= 11 is 1.67. The third-order valence-corrected chi connectivity index (χ3v) is 4.01. The van der Waals surface area contributed by atoms with Crippen molar-refractivity contribution in [3.05, 3.63) is 56.8 Å². The lowest BCUT2D eigenvalue weighted by Crippen LogP contribution is -2.39. The van der Waals surface area contributed by atoms with Crippen LogP contribution in [0.4, 0.5) is 11.4 Å². The predicted molar refractivity (Wildman–Crippen MR) is 114 cm³/mol. The number of thiophene rings is 1. The minimum atomic E-state index is -0.387. The van der Waals surface area contributed by atoms with Gasteiger partial charge >= 0.3 is 0 Å². The Morgan fingerprint density at radius 2 is 2.00 bits per heavy atom. The highest BCUT2D eigenvalue weighted by molar-refractivity contribution is 14.0. The second-order valence-corrected chi connectivity index (χ2v) is 5.93. The van der Waals surface area contributed by atoms with Crippen LogP contribution in [0.2, 0.25) is 0 Å². The van der Waals surface area contributed by atoms with Crippen molar-refractivity contribution in [3.63, 3.8) is 0 Å². The molecule has 0 aliphatic heterocycles. The molecule has 2 rings (SSSR count).